The fraction of sp³-hybridized carbons (Fsp3) is 0.353. The molecule has 128 valence electrons. The van der Waals surface area contributed by atoms with Crippen LogP contribution in [0.5, 0.6) is 11.5 Å². The number of ketones is 1. The van der Waals surface area contributed by atoms with Gasteiger partial charge in [-0.2, -0.15) is 0 Å². The highest BCUT2D eigenvalue weighted by molar-refractivity contribution is 5.94. The molecule has 1 aromatic carbocycles. The first kappa shape index (κ1) is 17.5. The van der Waals surface area contributed by atoms with Gasteiger partial charge in [0.1, 0.15) is 5.78 Å². The van der Waals surface area contributed by atoms with Crippen LogP contribution in [-0.4, -0.2) is 33.1 Å². The zero-order chi connectivity index (χ0) is 17.9. The molecule has 2 rings (SSSR count). The maximum atomic E-state index is 12.1. The second-order valence-electron chi connectivity index (χ2n) is 5.18. The molecule has 1 aromatic heterocycles. The third-order valence-electron chi connectivity index (χ3n) is 3.64. The van der Waals surface area contributed by atoms with Gasteiger partial charge in [-0.15, -0.1) is 0 Å². The Hall–Kier alpha value is -2.83. The molecular weight excluding hydrogens is 316 g/mol. The van der Waals surface area contributed by atoms with Gasteiger partial charge in [0.05, 0.1) is 27.2 Å². The number of esters is 1. The number of carbonyl (C=O) groups is 2. The van der Waals surface area contributed by atoms with Crippen molar-refractivity contribution in [3.05, 3.63) is 34.2 Å². The van der Waals surface area contributed by atoms with Crippen molar-refractivity contribution in [2.45, 2.75) is 19.3 Å². The van der Waals surface area contributed by atoms with Crippen molar-refractivity contribution < 1.29 is 28.2 Å². The first-order chi connectivity index (χ1) is 11.4. The lowest BCUT2D eigenvalue weighted by Gasteiger charge is -2.16. The van der Waals surface area contributed by atoms with Crippen LogP contribution < -0.4 is 15.1 Å². The molecule has 0 fully saturated rings. The molecule has 0 aliphatic carbocycles. The van der Waals surface area contributed by atoms with Crippen molar-refractivity contribution in [2.24, 2.45) is 0 Å². The van der Waals surface area contributed by atoms with Gasteiger partial charge < -0.3 is 18.6 Å². The number of rotatable bonds is 6. The third kappa shape index (κ3) is 3.24. The topological polar surface area (TPSA) is 92.0 Å². The summed E-state index contributed by atoms with van der Waals surface area (Å²) in [5.41, 5.74) is -0.164. The van der Waals surface area contributed by atoms with Gasteiger partial charge >= 0.3 is 11.6 Å². The molecule has 1 heterocycles. The Morgan fingerprint density at radius 1 is 1.17 bits per heavy atom. The van der Waals surface area contributed by atoms with E-state index in [1.807, 2.05) is 0 Å². The highest BCUT2D eigenvalue weighted by Gasteiger charge is 2.27. The minimum absolute atomic E-state index is 0.0838. The third-order valence-corrected chi connectivity index (χ3v) is 3.64. The molecule has 7 nitrogen and oxygen atoms in total. The Kier molecular flexibility index (Phi) is 5.23. The van der Waals surface area contributed by atoms with E-state index < -0.39 is 17.5 Å². The number of fused-ring (bicyclic) bond motifs is 1. The van der Waals surface area contributed by atoms with Crippen LogP contribution >= 0.6 is 0 Å². The molecule has 24 heavy (non-hydrogen) atoms. The van der Waals surface area contributed by atoms with Crippen LogP contribution in [-0.2, 0) is 14.3 Å². The van der Waals surface area contributed by atoms with Gasteiger partial charge in [0.25, 0.3) is 0 Å². The minimum atomic E-state index is -0.905. The van der Waals surface area contributed by atoms with E-state index >= 15 is 0 Å². The second kappa shape index (κ2) is 7.16. The van der Waals surface area contributed by atoms with E-state index in [9.17, 15) is 14.4 Å². The molecule has 0 radical (unpaired) electrons. The summed E-state index contributed by atoms with van der Waals surface area (Å²) >= 11 is 0. The summed E-state index contributed by atoms with van der Waals surface area (Å²) in [5.74, 6) is -1.09. The van der Waals surface area contributed by atoms with Crippen molar-refractivity contribution in [3.8, 4) is 11.5 Å². The smallest absolute Gasteiger partial charge is 0.336 e. The van der Waals surface area contributed by atoms with Crippen molar-refractivity contribution in [1.82, 2.24) is 0 Å². The molecule has 0 unspecified atom stereocenters. The first-order valence-electron chi connectivity index (χ1n) is 7.18. The lowest BCUT2D eigenvalue weighted by Crippen LogP contribution is -2.19. The summed E-state index contributed by atoms with van der Waals surface area (Å²) in [4.78, 5) is 35.6. The zero-order valence-corrected chi connectivity index (χ0v) is 13.9. The van der Waals surface area contributed by atoms with E-state index in [0.29, 0.717) is 16.7 Å². The van der Waals surface area contributed by atoms with E-state index in [4.69, 9.17) is 18.6 Å². The Labute approximate surface area is 138 Å². The Balaban J connectivity index is 2.80. The lowest BCUT2D eigenvalue weighted by molar-refractivity contribution is -0.143. The molecule has 0 spiro atoms. The van der Waals surface area contributed by atoms with Crippen molar-refractivity contribution in [2.75, 3.05) is 21.3 Å². The quantitative estimate of drug-likeness (QED) is 0.589. The number of methoxy groups -OCH3 is 3. The Morgan fingerprint density at radius 3 is 2.42 bits per heavy atom. The van der Waals surface area contributed by atoms with E-state index in [0.717, 1.165) is 0 Å². The van der Waals surface area contributed by atoms with Crippen molar-refractivity contribution in [3.63, 3.8) is 0 Å². The van der Waals surface area contributed by atoms with Gasteiger partial charge in [0, 0.05) is 17.9 Å². The van der Waals surface area contributed by atoms with Crippen LogP contribution in [0.2, 0.25) is 0 Å². The second-order valence-corrected chi connectivity index (χ2v) is 5.18. The van der Waals surface area contributed by atoms with Gasteiger partial charge in [0.15, 0.2) is 11.3 Å². The highest BCUT2D eigenvalue weighted by atomic mass is 16.5. The number of hydrogen-bond acceptors (Lipinski definition) is 7. The highest BCUT2D eigenvalue weighted by Crippen LogP contribution is 2.38. The number of Topliss-reactive ketones (excluding diaryl/α,β-unsaturated/α-hetero) is 1. The average Bonchev–Trinajstić information content (AvgIpc) is 2.56. The number of hydrogen-bond donors (Lipinski definition) is 0. The van der Waals surface area contributed by atoms with Crippen molar-refractivity contribution >= 4 is 22.7 Å². The molecule has 7 heteroatoms. The Morgan fingerprint density at radius 2 is 1.88 bits per heavy atom. The molecule has 0 N–H and O–H groups in total. The fourth-order valence-electron chi connectivity index (χ4n) is 2.60. The molecule has 0 saturated carbocycles. The summed E-state index contributed by atoms with van der Waals surface area (Å²) in [5, 5.41) is 0.476. The fourth-order valence-corrected chi connectivity index (χ4v) is 2.60. The van der Waals surface area contributed by atoms with Gasteiger partial charge in [-0.25, -0.2) is 4.79 Å². The van der Waals surface area contributed by atoms with Crippen LogP contribution in [0.3, 0.4) is 0 Å². The summed E-state index contributed by atoms with van der Waals surface area (Å²) < 4.78 is 20.5. The number of carbonyl (C=O) groups excluding carboxylic acids is 2. The van der Waals surface area contributed by atoms with Crippen LogP contribution in [0, 0.1) is 0 Å². The van der Waals surface area contributed by atoms with E-state index in [-0.39, 0.29) is 23.5 Å². The molecule has 2 aromatic rings. The zero-order valence-electron chi connectivity index (χ0n) is 13.9. The molecule has 0 aliphatic rings. The van der Waals surface area contributed by atoms with Gasteiger partial charge in [-0.1, -0.05) is 0 Å². The molecule has 1 atom stereocenters. The lowest BCUT2D eigenvalue weighted by atomic mass is 9.91. The summed E-state index contributed by atoms with van der Waals surface area (Å²) in [6.45, 7) is 1.37. The van der Waals surface area contributed by atoms with Crippen LogP contribution in [0.1, 0.15) is 24.8 Å². The van der Waals surface area contributed by atoms with E-state index in [1.165, 1.54) is 34.3 Å². The van der Waals surface area contributed by atoms with Crippen LogP contribution in [0.25, 0.3) is 11.0 Å². The number of benzene rings is 1. The SMILES string of the molecule is COC(=O)[C@H](CC(C)=O)c1cc(=O)oc2c(OC)c(OC)ccc12. The predicted molar refractivity (Wildman–Crippen MR) is 85.6 cm³/mol. The first-order valence-corrected chi connectivity index (χ1v) is 7.18. The van der Waals surface area contributed by atoms with Gasteiger partial charge in [-0.3, -0.25) is 9.59 Å². The van der Waals surface area contributed by atoms with E-state index in [2.05, 4.69) is 0 Å². The van der Waals surface area contributed by atoms with Crippen LogP contribution in [0.4, 0.5) is 0 Å². The summed E-state index contributed by atoms with van der Waals surface area (Å²) in [6, 6.07) is 4.47. The molecule has 0 aliphatic heterocycles. The minimum Gasteiger partial charge on any atom is -0.493 e. The standard InChI is InChI=1S/C17H18O7/c1-9(18)7-12(17(20)23-4)11-8-14(19)24-15-10(11)5-6-13(21-2)16(15)22-3/h5-6,8,12H,7H2,1-4H3/t12-/m1/s1. The molecular formula is C17H18O7. The van der Waals surface area contributed by atoms with Gasteiger partial charge in [-0.05, 0) is 24.6 Å². The van der Waals surface area contributed by atoms with Crippen molar-refractivity contribution in [1.29, 1.82) is 0 Å². The average molecular weight is 334 g/mol. The van der Waals surface area contributed by atoms with E-state index in [1.54, 1.807) is 12.1 Å². The summed E-state index contributed by atoms with van der Waals surface area (Å²) in [7, 11) is 4.10. The molecule has 0 amide bonds. The largest absolute Gasteiger partial charge is 0.493 e. The maximum Gasteiger partial charge on any atom is 0.336 e. The molecule has 0 bridgehead atoms. The maximum absolute atomic E-state index is 12.1. The van der Waals surface area contributed by atoms with Crippen LogP contribution in [0.15, 0.2) is 27.4 Å². The number of ether oxygens (including phenoxy) is 3. The Bertz CT molecular complexity index is 835. The normalized spacial score (nSPS) is 11.8. The molecule has 0 saturated heterocycles. The monoisotopic (exact) mass is 334 g/mol. The summed E-state index contributed by atoms with van der Waals surface area (Å²) in [6.07, 6.45) is -0.0838. The predicted octanol–water partition coefficient (Wildman–Crippen LogP) is 2.05. The van der Waals surface area contributed by atoms with Gasteiger partial charge in [0.2, 0.25) is 5.75 Å².